The number of aliphatic hydroxyl groups excluding tert-OH is 1. The molecule has 0 atom stereocenters. The van der Waals surface area contributed by atoms with Crippen molar-refractivity contribution in [3.63, 3.8) is 0 Å². The summed E-state index contributed by atoms with van der Waals surface area (Å²) in [6.45, 7) is 6.30. The van der Waals surface area contributed by atoms with Crippen LogP contribution in [0.5, 0.6) is 0 Å². The highest BCUT2D eigenvalue weighted by Crippen LogP contribution is 2.04. The van der Waals surface area contributed by atoms with Crippen LogP contribution in [-0.2, 0) is 0 Å². The van der Waals surface area contributed by atoms with Crippen LogP contribution in [0.25, 0.3) is 0 Å². The third-order valence-electron chi connectivity index (χ3n) is 1.50. The van der Waals surface area contributed by atoms with Gasteiger partial charge in [0.15, 0.2) is 0 Å². The molecule has 0 unspecified atom stereocenters. The summed E-state index contributed by atoms with van der Waals surface area (Å²) >= 11 is 0. The minimum absolute atomic E-state index is 0.208. The minimum atomic E-state index is 0.208. The smallest absolute Gasteiger partial charge is 0.0641 e. The summed E-state index contributed by atoms with van der Waals surface area (Å²) in [7, 11) is 0. The number of hydrogen-bond donors (Lipinski definition) is 1. The van der Waals surface area contributed by atoms with Crippen molar-refractivity contribution in [3.05, 3.63) is 11.1 Å². The molecule has 0 spiro atoms. The van der Waals surface area contributed by atoms with Crippen molar-refractivity contribution in [2.75, 3.05) is 6.61 Å². The van der Waals surface area contributed by atoms with Crippen LogP contribution in [0.3, 0.4) is 0 Å². The summed E-state index contributed by atoms with van der Waals surface area (Å²) in [5.41, 5.74) is 2.40. The third kappa shape index (κ3) is 2.12. The topological polar surface area (TPSA) is 20.2 Å². The second-order valence-electron chi connectivity index (χ2n) is 2.07. The van der Waals surface area contributed by atoms with Gasteiger partial charge in [0.1, 0.15) is 0 Å². The first-order valence-electron chi connectivity index (χ1n) is 2.98. The molecule has 0 fully saturated rings. The third-order valence-corrected chi connectivity index (χ3v) is 1.50. The molecule has 0 heterocycles. The number of hydrogen-bond acceptors (Lipinski definition) is 1. The van der Waals surface area contributed by atoms with Gasteiger partial charge < -0.3 is 5.11 Å². The Balaban J connectivity index is 3.83. The standard InChI is InChI=1S/C7H14O/c1-4-6(2)7(3)5-8/h8H,4-5H2,1-3H3/b7-6-. The molecule has 8 heavy (non-hydrogen) atoms. The minimum Gasteiger partial charge on any atom is -0.392 e. The quantitative estimate of drug-likeness (QED) is 0.542. The predicted molar refractivity (Wildman–Crippen MR) is 35.8 cm³/mol. The van der Waals surface area contributed by atoms with Crippen LogP contribution in [0.1, 0.15) is 27.2 Å². The van der Waals surface area contributed by atoms with Gasteiger partial charge in [0.2, 0.25) is 0 Å². The molecule has 0 saturated carbocycles. The van der Waals surface area contributed by atoms with Crippen LogP contribution in [0.2, 0.25) is 0 Å². The summed E-state index contributed by atoms with van der Waals surface area (Å²) in [6, 6.07) is 0. The van der Waals surface area contributed by atoms with E-state index in [9.17, 15) is 0 Å². The van der Waals surface area contributed by atoms with Crippen LogP contribution in [0.15, 0.2) is 11.1 Å². The highest BCUT2D eigenvalue weighted by molar-refractivity contribution is 5.08. The van der Waals surface area contributed by atoms with Crippen molar-refractivity contribution in [1.82, 2.24) is 0 Å². The molecule has 0 aliphatic rings. The second kappa shape index (κ2) is 3.67. The fourth-order valence-corrected chi connectivity index (χ4v) is 0.437. The van der Waals surface area contributed by atoms with Gasteiger partial charge in [-0.3, -0.25) is 0 Å². The Kier molecular flexibility index (Phi) is 3.53. The maximum Gasteiger partial charge on any atom is 0.0641 e. The Hall–Kier alpha value is -0.300. The maximum atomic E-state index is 8.58. The maximum absolute atomic E-state index is 8.58. The average Bonchev–Trinajstić information content (AvgIpc) is 1.84. The van der Waals surface area contributed by atoms with Gasteiger partial charge in [0.25, 0.3) is 0 Å². The summed E-state index contributed by atoms with van der Waals surface area (Å²) in [4.78, 5) is 0. The van der Waals surface area contributed by atoms with Crippen LogP contribution < -0.4 is 0 Å². The van der Waals surface area contributed by atoms with E-state index in [1.807, 2.05) is 13.8 Å². The Morgan fingerprint density at radius 1 is 1.25 bits per heavy atom. The molecular formula is C7H14O. The van der Waals surface area contributed by atoms with Crippen molar-refractivity contribution in [2.24, 2.45) is 0 Å². The van der Waals surface area contributed by atoms with Gasteiger partial charge in [-0.2, -0.15) is 0 Å². The molecule has 0 saturated heterocycles. The molecule has 0 aliphatic heterocycles. The van der Waals surface area contributed by atoms with E-state index in [0.29, 0.717) is 0 Å². The first-order chi connectivity index (χ1) is 3.72. The molecule has 0 bridgehead atoms. The van der Waals surface area contributed by atoms with E-state index in [1.54, 1.807) is 0 Å². The molecule has 0 aromatic heterocycles. The fourth-order valence-electron chi connectivity index (χ4n) is 0.437. The average molecular weight is 114 g/mol. The normalized spacial score (nSPS) is 13.5. The van der Waals surface area contributed by atoms with E-state index in [0.717, 1.165) is 12.0 Å². The lowest BCUT2D eigenvalue weighted by atomic mass is 10.1. The van der Waals surface area contributed by atoms with E-state index < -0.39 is 0 Å². The molecule has 0 radical (unpaired) electrons. The number of aliphatic hydroxyl groups is 1. The first-order valence-corrected chi connectivity index (χ1v) is 2.98. The van der Waals surface area contributed by atoms with E-state index in [1.165, 1.54) is 5.57 Å². The van der Waals surface area contributed by atoms with Gasteiger partial charge in [-0.05, 0) is 25.8 Å². The SMILES string of the molecule is CC/C(C)=C(/C)CO. The second-order valence-corrected chi connectivity index (χ2v) is 2.07. The van der Waals surface area contributed by atoms with Crippen molar-refractivity contribution in [1.29, 1.82) is 0 Å². The van der Waals surface area contributed by atoms with Crippen molar-refractivity contribution in [2.45, 2.75) is 27.2 Å². The summed E-state index contributed by atoms with van der Waals surface area (Å²) in [5, 5.41) is 8.58. The van der Waals surface area contributed by atoms with Crippen molar-refractivity contribution < 1.29 is 5.11 Å². The molecular weight excluding hydrogens is 100 g/mol. The van der Waals surface area contributed by atoms with Gasteiger partial charge in [0, 0.05) is 0 Å². The molecule has 0 aliphatic carbocycles. The Bertz CT molecular complexity index is 80.6. The van der Waals surface area contributed by atoms with Crippen LogP contribution >= 0.6 is 0 Å². The van der Waals surface area contributed by atoms with E-state index in [4.69, 9.17) is 5.11 Å². The number of rotatable bonds is 2. The zero-order chi connectivity index (χ0) is 6.57. The molecule has 0 aromatic carbocycles. The molecule has 0 rings (SSSR count). The molecule has 1 N–H and O–H groups in total. The summed E-state index contributed by atoms with van der Waals surface area (Å²) in [6.07, 6.45) is 1.05. The summed E-state index contributed by atoms with van der Waals surface area (Å²) in [5.74, 6) is 0. The van der Waals surface area contributed by atoms with E-state index in [2.05, 4.69) is 6.92 Å². The molecule has 1 heteroatoms. The monoisotopic (exact) mass is 114 g/mol. The van der Waals surface area contributed by atoms with Gasteiger partial charge in [-0.15, -0.1) is 0 Å². The Morgan fingerprint density at radius 3 is 1.88 bits per heavy atom. The predicted octanol–water partition coefficient (Wildman–Crippen LogP) is 1.73. The number of allylic oxidation sites excluding steroid dienone is 1. The highest BCUT2D eigenvalue weighted by Gasteiger charge is 1.89. The van der Waals surface area contributed by atoms with Gasteiger partial charge in [0.05, 0.1) is 6.61 Å². The van der Waals surface area contributed by atoms with E-state index in [-0.39, 0.29) is 6.61 Å². The lowest BCUT2D eigenvalue weighted by molar-refractivity contribution is 0.330. The Labute approximate surface area is 51.0 Å². The van der Waals surface area contributed by atoms with Gasteiger partial charge in [-0.1, -0.05) is 12.5 Å². The lowest BCUT2D eigenvalue weighted by Gasteiger charge is -1.98. The van der Waals surface area contributed by atoms with Crippen LogP contribution in [-0.4, -0.2) is 11.7 Å². The fraction of sp³-hybridized carbons (Fsp3) is 0.714. The van der Waals surface area contributed by atoms with Crippen LogP contribution in [0.4, 0.5) is 0 Å². The largest absolute Gasteiger partial charge is 0.392 e. The van der Waals surface area contributed by atoms with Crippen molar-refractivity contribution in [3.8, 4) is 0 Å². The Morgan fingerprint density at radius 2 is 1.75 bits per heavy atom. The van der Waals surface area contributed by atoms with Crippen molar-refractivity contribution >= 4 is 0 Å². The van der Waals surface area contributed by atoms with E-state index >= 15 is 0 Å². The van der Waals surface area contributed by atoms with Crippen LogP contribution in [0, 0.1) is 0 Å². The zero-order valence-electron chi connectivity index (χ0n) is 5.86. The molecule has 0 amide bonds. The molecule has 48 valence electrons. The molecule has 0 aromatic rings. The molecule has 1 nitrogen and oxygen atoms in total. The first kappa shape index (κ1) is 7.70. The lowest BCUT2D eigenvalue weighted by Crippen LogP contribution is -1.87. The zero-order valence-corrected chi connectivity index (χ0v) is 5.86. The summed E-state index contributed by atoms with van der Waals surface area (Å²) < 4.78 is 0. The van der Waals surface area contributed by atoms with Gasteiger partial charge in [-0.25, -0.2) is 0 Å². The van der Waals surface area contributed by atoms with Gasteiger partial charge >= 0.3 is 0 Å². The highest BCUT2D eigenvalue weighted by atomic mass is 16.3.